The van der Waals surface area contributed by atoms with Crippen LogP contribution in [-0.4, -0.2) is 19.3 Å². The molecule has 0 aliphatic heterocycles. The fourth-order valence-electron chi connectivity index (χ4n) is 6.36. The Morgan fingerprint density at radius 1 is 0.804 bits per heavy atom. The van der Waals surface area contributed by atoms with Crippen LogP contribution in [0.3, 0.4) is 0 Å². The average molecular weight is 784 g/mol. The van der Waals surface area contributed by atoms with Crippen molar-refractivity contribution < 1.29 is 25.8 Å². The SMILES string of the molecule is CCCc1ccc(C)c(CCC)c1-c1cnn(-c2[c-]c(Oc3[c-]c4c(cc3)c3ccccc3n4-c3cc(C)ccn3)ccc2)c1.[Pt+2]. The predicted molar refractivity (Wildman–Crippen MR) is 183 cm³/mol. The monoisotopic (exact) mass is 783 g/mol. The molecular formula is C40H36N4OPt. The van der Waals surface area contributed by atoms with E-state index in [0.29, 0.717) is 11.5 Å². The Morgan fingerprint density at radius 2 is 1.63 bits per heavy atom. The molecule has 0 spiro atoms. The van der Waals surface area contributed by atoms with E-state index in [1.807, 2.05) is 47.4 Å². The Morgan fingerprint density at radius 3 is 2.46 bits per heavy atom. The molecule has 0 bridgehead atoms. The van der Waals surface area contributed by atoms with Gasteiger partial charge in [0.15, 0.2) is 0 Å². The summed E-state index contributed by atoms with van der Waals surface area (Å²) >= 11 is 0. The van der Waals surface area contributed by atoms with Gasteiger partial charge in [0.2, 0.25) is 0 Å². The van der Waals surface area contributed by atoms with E-state index in [4.69, 9.17) is 9.84 Å². The third-order valence-electron chi connectivity index (χ3n) is 8.43. The third-order valence-corrected chi connectivity index (χ3v) is 8.43. The minimum absolute atomic E-state index is 0. The molecule has 232 valence electrons. The molecule has 0 aliphatic rings. The molecule has 0 fully saturated rings. The number of benzene rings is 4. The van der Waals surface area contributed by atoms with E-state index in [1.165, 1.54) is 22.3 Å². The van der Waals surface area contributed by atoms with Gasteiger partial charge in [0.05, 0.1) is 6.20 Å². The van der Waals surface area contributed by atoms with Crippen molar-refractivity contribution in [2.45, 2.75) is 53.4 Å². The van der Waals surface area contributed by atoms with E-state index in [-0.39, 0.29) is 21.1 Å². The molecule has 0 radical (unpaired) electrons. The molecule has 0 aliphatic carbocycles. The van der Waals surface area contributed by atoms with Gasteiger partial charge in [0.25, 0.3) is 0 Å². The molecule has 0 N–H and O–H groups in total. The summed E-state index contributed by atoms with van der Waals surface area (Å²) in [5.41, 5.74) is 10.6. The summed E-state index contributed by atoms with van der Waals surface area (Å²) < 4.78 is 10.4. The molecular weight excluding hydrogens is 748 g/mol. The number of ether oxygens (including phenoxy) is 1. The van der Waals surface area contributed by atoms with Gasteiger partial charge >= 0.3 is 21.1 Å². The van der Waals surface area contributed by atoms with Crippen LogP contribution in [-0.2, 0) is 33.9 Å². The van der Waals surface area contributed by atoms with Crippen molar-refractivity contribution in [1.29, 1.82) is 0 Å². The van der Waals surface area contributed by atoms with Gasteiger partial charge in [-0.2, -0.15) is 17.2 Å². The number of aryl methyl sites for hydroxylation is 3. The van der Waals surface area contributed by atoms with Crippen molar-refractivity contribution in [3.63, 3.8) is 0 Å². The molecule has 3 aromatic heterocycles. The van der Waals surface area contributed by atoms with Crippen molar-refractivity contribution in [1.82, 2.24) is 19.3 Å². The van der Waals surface area contributed by atoms with Crippen LogP contribution in [0, 0.1) is 26.0 Å². The Kier molecular flexibility index (Phi) is 9.24. The van der Waals surface area contributed by atoms with E-state index < -0.39 is 0 Å². The number of rotatable bonds is 9. The quantitative estimate of drug-likeness (QED) is 0.137. The molecule has 5 nitrogen and oxygen atoms in total. The van der Waals surface area contributed by atoms with Gasteiger partial charge < -0.3 is 9.30 Å². The second-order valence-corrected chi connectivity index (χ2v) is 11.7. The zero-order chi connectivity index (χ0) is 30.9. The second kappa shape index (κ2) is 13.5. The van der Waals surface area contributed by atoms with Gasteiger partial charge in [0, 0.05) is 35.0 Å². The first-order chi connectivity index (χ1) is 22.0. The molecule has 46 heavy (non-hydrogen) atoms. The van der Waals surface area contributed by atoms with Crippen molar-refractivity contribution in [3.05, 3.63) is 132 Å². The maximum Gasteiger partial charge on any atom is 2.00 e. The van der Waals surface area contributed by atoms with Crippen LogP contribution in [0.2, 0.25) is 0 Å². The summed E-state index contributed by atoms with van der Waals surface area (Å²) in [6.07, 6.45) is 10.3. The Hall–Kier alpha value is -4.47. The van der Waals surface area contributed by atoms with Crippen molar-refractivity contribution in [2.75, 3.05) is 0 Å². The fourth-order valence-corrected chi connectivity index (χ4v) is 6.36. The van der Waals surface area contributed by atoms with Crippen molar-refractivity contribution in [2.24, 2.45) is 0 Å². The molecule has 7 aromatic rings. The summed E-state index contributed by atoms with van der Waals surface area (Å²) in [6.45, 7) is 8.78. The average Bonchev–Trinajstić information content (AvgIpc) is 3.66. The molecule has 7 rings (SSSR count). The van der Waals surface area contributed by atoms with Crippen LogP contribution in [0.4, 0.5) is 0 Å². The number of hydrogen-bond acceptors (Lipinski definition) is 3. The summed E-state index contributed by atoms with van der Waals surface area (Å²) in [4.78, 5) is 4.69. The first kappa shape index (κ1) is 31.5. The van der Waals surface area contributed by atoms with Crippen LogP contribution in [0.15, 0.2) is 97.5 Å². The van der Waals surface area contributed by atoms with Crippen molar-refractivity contribution >= 4 is 21.8 Å². The van der Waals surface area contributed by atoms with Gasteiger partial charge in [0.1, 0.15) is 5.82 Å². The maximum absolute atomic E-state index is 6.38. The Labute approximate surface area is 285 Å². The number of para-hydroxylation sites is 1. The summed E-state index contributed by atoms with van der Waals surface area (Å²) in [5.74, 6) is 2.07. The second-order valence-electron chi connectivity index (χ2n) is 11.7. The molecule has 4 aromatic carbocycles. The summed E-state index contributed by atoms with van der Waals surface area (Å²) in [6, 6.07) is 34.0. The van der Waals surface area contributed by atoms with E-state index in [2.05, 4.69) is 104 Å². The molecule has 3 heterocycles. The first-order valence-electron chi connectivity index (χ1n) is 15.8. The number of aromatic nitrogens is 4. The number of hydrogen-bond donors (Lipinski definition) is 0. The topological polar surface area (TPSA) is 44.9 Å². The molecule has 0 saturated heterocycles. The molecule has 6 heteroatoms. The molecule has 0 saturated carbocycles. The van der Waals surface area contributed by atoms with Gasteiger partial charge in [-0.1, -0.05) is 62.5 Å². The van der Waals surface area contributed by atoms with E-state index in [1.54, 1.807) is 0 Å². The molecule has 0 atom stereocenters. The minimum atomic E-state index is 0. The van der Waals surface area contributed by atoms with E-state index in [9.17, 15) is 0 Å². The Bertz CT molecular complexity index is 2160. The zero-order valence-electron chi connectivity index (χ0n) is 26.6. The normalized spacial score (nSPS) is 11.2. The number of nitrogens with zero attached hydrogens (tertiary/aromatic N) is 4. The van der Waals surface area contributed by atoms with Gasteiger partial charge in [-0.3, -0.25) is 4.68 Å². The van der Waals surface area contributed by atoms with Gasteiger partial charge in [-0.25, -0.2) is 4.98 Å². The zero-order valence-corrected chi connectivity index (χ0v) is 28.9. The minimum Gasteiger partial charge on any atom is -0.509 e. The maximum atomic E-state index is 6.38. The van der Waals surface area contributed by atoms with Crippen LogP contribution >= 0.6 is 0 Å². The third kappa shape index (κ3) is 5.92. The fraction of sp³-hybridized carbons (Fsp3) is 0.200. The van der Waals surface area contributed by atoms with Gasteiger partial charge in [-0.05, 0) is 83.8 Å². The summed E-state index contributed by atoms with van der Waals surface area (Å²) in [7, 11) is 0. The van der Waals surface area contributed by atoms with E-state index in [0.717, 1.165) is 70.1 Å². The standard InChI is InChI=1S/C40H36N4O.Pt/c1-5-10-29-17-16-28(4)34(11-6-2)40(29)30-25-42-43(26-30)31-12-9-13-32(23-31)45-33-18-19-36-35-14-7-8-15-37(35)44(38(36)24-33)39-22-27(3)20-21-41-39;/h7-9,12-22,25-26H,5-6,10-11H2,1-4H3;/q-2;+2. The van der Waals surface area contributed by atoms with Crippen molar-refractivity contribution in [3.8, 4) is 34.1 Å². The smallest absolute Gasteiger partial charge is 0.509 e. The molecule has 0 unspecified atom stereocenters. The number of pyridine rings is 1. The van der Waals surface area contributed by atoms with E-state index >= 15 is 0 Å². The summed E-state index contributed by atoms with van der Waals surface area (Å²) in [5, 5.41) is 7.03. The van der Waals surface area contributed by atoms with Crippen LogP contribution < -0.4 is 4.74 Å². The van der Waals surface area contributed by atoms with Crippen LogP contribution in [0.25, 0.3) is 44.4 Å². The molecule has 0 amide bonds. The first-order valence-corrected chi connectivity index (χ1v) is 15.8. The van der Waals surface area contributed by atoms with Crippen LogP contribution in [0.5, 0.6) is 11.5 Å². The predicted octanol–water partition coefficient (Wildman–Crippen LogP) is 9.94. The Balaban J connectivity index is 0.00000372. The van der Waals surface area contributed by atoms with Gasteiger partial charge in [-0.15, -0.1) is 35.7 Å². The largest absolute Gasteiger partial charge is 2.00 e. The number of fused-ring (bicyclic) bond motifs is 3. The van der Waals surface area contributed by atoms with Crippen LogP contribution in [0.1, 0.15) is 48.9 Å².